The van der Waals surface area contributed by atoms with Gasteiger partial charge in [-0.3, -0.25) is 16.0 Å². The van der Waals surface area contributed by atoms with E-state index < -0.39 is 5.79 Å². The third kappa shape index (κ3) is 4.97. The molecule has 0 amide bonds. The summed E-state index contributed by atoms with van der Waals surface area (Å²) in [4.78, 5) is 0. The molecular weight excluding hydrogens is 348 g/mol. The molecule has 4 aliphatic rings. The second-order valence-corrected chi connectivity index (χ2v) is 7.64. The first-order valence-corrected chi connectivity index (χ1v) is 9.86. The van der Waals surface area contributed by atoms with E-state index in [1.165, 1.54) is 0 Å². The fraction of sp³-hybridized carbons (Fsp3) is 0.684. The minimum Gasteiger partial charge on any atom is -0.382 e. The number of benzene rings is 1. The number of para-hydroxylation sites is 1. The van der Waals surface area contributed by atoms with Crippen LogP contribution in [0.1, 0.15) is 5.56 Å². The van der Waals surface area contributed by atoms with Crippen LogP contribution in [0.15, 0.2) is 24.3 Å². The van der Waals surface area contributed by atoms with E-state index in [1.807, 2.05) is 0 Å². The Kier molecular flexibility index (Phi) is 5.04. The zero-order valence-corrected chi connectivity index (χ0v) is 15.4. The number of nitrogens with one attached hydrogen (secondary N) is 4. The Morgan fingerprint density at radius 1 is 0.704 bits per heavy atom. The molecule has 0 radical (unpaired) electrons. The Morgan fingerprint density at radius 3 is 1.63 bits per heavy atom. The summed E-state index contributed by atoms with van der Waals surface area (Å²) in [6, 6.07) is 8.40. The highest BCUT2D eigenvalue weighted by atomic mass is 16.6. The lowest BCUT2D eigenvalue weighted by Crippen LogP contribution is -2.65. The molecule has 4 N–H and O–H groups in total. The van der Waals surface area contributed by atoms with Gasteiger partial charge in [0.15, 0.2) is 5.79 Å². The van der Waals surface area contributed by atoms with Gasteiger partial charge >= 0.3 is 0 Å². The van der Waals surface area contributed by atoms with Crippen molar-refractivity contribution in [3.63, 3.8) is 0 Å². The third-order valence-corrected chi connectivity index (χ3v) is 5.25. The van der Waals surface area contributed by atoms with Gasteiger partial charge in [0.2, 0.25) is 0 Å². The molecule has 4 unspecified atom stereocenters. The maximum absolute atomic E-state index is 5.43. The van der Waals surface area contributed by atoms with Crippen LogP contribution in [0.3, 0.4) is 0 Å². The van der Waals surface area contributed by atoms with Gasteiger partial charge < -0.3 is 24.3 Å². The van der Waals surface area contributed by atoms with E-state index in [-0.39, 0.29) is 18.3 Å². The molecule has 148 valence electrons. The lowest BCUT2D eigenvalue weighted by atomic mass is 10.0. The molecule has 4 saturated heterocycles. The topological polar surface area (TPSA) is 98.2 Å². The number of rotatable bonds is 13. The highest BCUT2D eigenvalue weighted by Crippen LogP contribution is 2.27. The molecule has 8 nitrogen and oxygen atoms in total. The van der Waals surface area contributed by atoms with E-state index >= 15 is 0 Å². The van der Waals surface area contributed by atoms with Gasteiger partial charge in [-0.25, -0.2) is 0 Å². The van der Waals surface area contributed by atoms with Gasteiger partial charge in [-0.15, -0.1) is 0 Å². The molecule has 0 aromatic heterocycles. The summed E-state index contributed by atoms with van der Waals surface area (Å²) in [6.07, 6.45) is 1.16. The summed E-state index contributed by atoms with van der Waals surface area (Å²) in [5.41, 5.74) is 2.22. The fourth-order valence-electron chi connectivity index (χ4n) is 3.21. The number of epoxide rings is 4. The van der Waals surface area contributed by atoms with Crippen LogP contribution in [-0.4, -0.2) is 77.0 Å². The Hall–Kier alpha value is -1.26. The van der Waals surface area contributed by atoms with Gasteiger partial charge in [-0.2, -0.15) is 0 Å². The van der Waals surface area contributed by atoms with Crippen molar-refractivity contribution < 1.29 is 18.9 Å². The van der Waals surface area contributed by atoms with Crippen molar-refractivity contribution in [2.45, 2.75) is 30.2 Å². The van der Waals surface area contributed by atoms with Crippen LogP contribution >= 0.6 is 0 Å². The predicted octanol–water partition coefficient (Wildman–Crippen LogP) is -0.427. The molecule has 1 aromatic rings. The van der Waals surface area contributed by atoms with Gasteiger partial charge in [-0.05, 0) is 6.07 Å². The maximum Gasteiger partial charge on any atom is 0.152 e. The average molecular weight is 376 g/mol. The standard InChI is InChI=1S/C19H28N4O4/c1-2-4-18(20-5-13-9-24-13)17(3-1)19(21-6-14-10-25-14,22-7-15-11-26-15)23-8-16-12-27-16/h1-4,13-16,20-23H,5-12H2. The largest absolute Gasteiger partial charge is 0.382 e. The highest BCUT2D eigenvalue weighted by Gasteiger charge is 2.39. The van der Waals surface area contributed by atoms with Crippen molar-refractivity contribution in [2.75, 3.05) is 57.9 Å². The normalized spacial score (nSPS) is 32.6. The number of hydrogen-bond acceptors (Lipinski definition) is 8. The van der Waals surface area contributed by atoms with E-state index in [4.69, 9.17) is 18.9 Å². The van der Waals surface area contributed by atoms with Gasteiger partial charge in [0.25, 0.3) is 0 Å². The number of anilines is 1. The summed E-state index contributed by atoms with van der Waals surface area (Å²) in [5, 5.41) is 14.6. The SMILES string of the molecule is c1ccc(C(NCC2CO2)(NCC2CO2)NCC2CO2)c(NCC2CO2)c1. The molecule has 0 spiro atoms. The van der Waals surface area contributed by atoms with Gasteiger partial charge in [-0.1, -0.05) is 18.2 Å². The van der Waals surface area contributed by atoms with E-state index in [0.29, 0.717) is 6.10 Å². The first kappa shape index (κ1) is 17.8. The minimum absolute atomic E-state index is 0.280. The van der Waals surface area contributed by atoms with Crippen LogP contribution in [0.4, 0.5) is 5.69 Å². The van der Waals surface area contributed by atoms with Crippen LogP contribution in [0.25, 0.3) is 0 Å². The molecule has 4 fully saturated rings. The molecule has 4 aliphatic heterocycles. The van der Waals surface area contributed by atoms with Crippen LogP contribution in [-0.2, 0) is 24.7 Å². The van der Waals surface area contributed by atoms with Crippen molar-refractivity contribution in [1.82, 2.24) is 16.0 Å². The summed E-state index contributed by atoms with van der Waals surface area (Å²) >= 11 is 0. The summed E-state index contributed by atoms with van der Waals surface area (Å²) in [5.74, 6) is -0.585. The quantitative estimate of drug-likeness (QED) is 0.272. The molecule has 0 bridgehead atoms. The molecule has 27 heavy (non-hydrogen) atoms. The third-order valence-electron chi connectivity index (χ3n) is 5.25. The smallest absolute Gasteiger partial charge is 0.152 e. The zero-order chi connectivity index (χ0) is 18.1. The Labute approximate surface area is 159 Å². The summed E-state index contributed by atoms with van der Waals surface area (Å²) in [7, 11) is 0. The Bertz CT molecular complexity index is 604. The predicted molar refractivity (Wildman–Crippen MR) is 99.6 cm³/mol. The van der Waals surface area contributed by atoms with Gasteiger partial charge in [0.1, 0.15) is 0 Å². The summed E-state index contributed by atoms with van der Waals surface area (Å²) < 4.78 is 21.7. The Balaban J connectivity index is 1.39. The molecule has 4 heterocycles. The molecule has 1 aromatic carbocycles. The average Bonchev–Trinajstić information content (AvgIpc) is 3.55. The minimum atomic E-state index is -0.585. The second-order valence-electron chi connectivity index (χ2n) is 7.64. The van der Waals surface area contributed by atoms with Crippen LogP contribution in [0.2, 0.25) is 0 Å². The first-order chi connectivity index (χ1) is 13.3. The molecule has 0 aliphatic carbocycles. The van der Waals surface area contributed by atoms with Crippen molar-refractivity contribution in [3.8, 4) is 0 Å². The lowest BCUT2D eigenvalue weighted by Gasteiger charge is -2.38. The number of ether oxygens (including phenoxy) is 4. The van der Waals surface area contributed by atoms with Crippen LogP contribution in [0, 0.1) is 0 Å². The van der Waals surface area contributed by atoms with Crippen molar-refractivity contribution in [2.24, 2.45) is 0 Å². The molecule has 8 heteroatoms. The molecular formula is C19H28N4O4. The van der Waals surface area contributed by atoms with E-state index in [9.17, 15) is 0 Å². The number of hydrogen-bond donors (Lipinski definition) is 4. The second kappa shape index (κ2) is 7.63. The summed E-state index contributed by atoms with van der Waals surface area (Å²) in [6.45, 7) is 6.44. The van der Waals surface area contributed by atoms with Gasteiger partial charge in [0, 0.05) is 37.4 Å². The van der Waals surface area contributed by atoms with E-state index in [0.717, 1.165) is 63.9 Å². The highest BCUT2D eigenvalue weighted by molar-refractivity contribution is 5.54. The van der Waals surface area contributed by atoms with Crippen molar-refractivity contribution in [3.05, 3.63) is 29.8 Å². The lowest BCUT2D eigenvalue weighted by molar-refractivity contribution is 0.180. The molecule has 0 saturated carbocycles. The van der Waals surface area contributed by atoms with Crippen molar-refractivity contribution >= 4 is 5.69 Å². The fourth-order valence-corrected chi connectivity index (χ4v) is 3.21. The van der Waals surface area contributed by atoms with Gasteiger partial charge in [0.05, 0.1) is 50.8 Å². The monoisotopic (exact) mass is 376 g/mol. The molecule has 5 rings (SSSR count). The van der Waals surface area contributed by atoms with Crippen LogP contribution < -0.4 is 21.3 Å². The Morgan fingerprint density at radius 2 is 1.15 bits per heavy atom. The molecule has 4 atom stereocenters. The van der Waals surface area contributed by atoms with Crippen LogP contribution in [0.5, 0.6) is 0 Å². The van der Waals surface area contributed by atoms with E-state index in [1.54, 1.807) is 0 Å². The van der Waals surface area contributed by atoms with E-state index in [2.05, 4.69) is 45.5 Å². The maximum atomic E-state index is 5.43. The first-order valence-electron chi connectivity index (χ1n) is 9.86. The zero-order valence-electron chi connectivity index (χ0n) is 15.4. The van der Waals surface area contributed by atoms with Crippen molar-refractivity contribution in [1.29, 1.82) is 0 Å².